The lowest BCUT2D eigenvalue weighted by molar-refractivity contribution is -0.129. The first-order valence-corrected chi connectivity index (χ1v) is 10.9. The van der Waals surface area contributed by atoms with Gasteiger partial charge in [-0.1, -0.05) is 38.5 Å². The number of sulfonamides is 1. The second-order valence-corrected chi connectivity index (χ2v) is 10.1. The summed E-state index contributed by atoms with van der Waals surface area (Å²) < 4.78 is 36.2. The van der Waals surface area contributed by atoms with E-state index in [2.05, 4.69) is 30.7 Å². The van der Waals surface area contributed by atoms with Crippen LogP contribution in [0, 0.1) is 30.1 Å². The molecule has 3 aliphatic rings. The van der Waals surface area contributed by atoms with E-state index in [4.69, 9.17) is 9.47 Å². The number of hydrogen-bond donors (Lipinski definition) is 1. The zero-order valence-corrected chi connectivity index (χ0v) is 17.5. The van der Waals surface area contributed by atoms with Crippen LogP contribution < -0.4 is 4.83 Å². The van der Waals surface area contributed by atoms with E-state index in [1.54, 1.807) is 31.4 Å². The number of nitrogens with one attached hydrogen (secondary N) is 1. The summed E-state index contributed by atoms with van der Waals surface area (Å²) in [6, 6.07) is 6.76. The van der Waals surface area contributed by atoms with Crippen molar-refractivity contribution in [2.75, 3.05) is 13.9 Å². The molecule has 0 amide bonds. The predicted molar refractivity (Wildman–Crippen MR) is 105 cm³/mol. The van der Waals surface area contributed by atoms with Crippen LogP contribution in [-0.4, -0.2) is 34.1 Å². The van der Waals surface area contributed by atoms with Crippen LogP contribution in [-0.2, 0) is 19.5 Å². The number of aryl methyl sites for hydroxylation is 1. The van der Waals surface area contributed by atoms with Crippen LogP contribution >= 0.6 is 0 Å². The fourth-order valence-electron chi connectivity index (χ4n) is 4.71. The minimum absolute atomic E-state index is 0.0156. The van der Waals surface area contributed by atoms with Gasteiger partial charge in [-0.3, -0.25) is 0 Å². The Kier molecular flexibility index (Phi) is 5.66. The molecule has 0 heterocycles. The number of ether oxygens (including phenoxy) is 2. The highest BCUT2D eigenvalue weighted by molar-refractivity contribution is 7.89. The highest BCUT2D eigenvalue weighted by Gasteiger charge is 2.53. The minimum atomic E-state index is -3.68. The van der Waals surface area contributed by atoms with Crippen LogP contribution in [0.15, 0.2) is 34.3 Å². The van der Waals surface area contributed by atoms with Crippen molar-refractivity contribution >= 4 is 15.7 Å². The monoisotopic (exact) mass is 394 g/mol. The molecule has 0 saturated heterocycles. The van der Waals surface area contributed by atoms with Gasteiger partial charge in [0.15, 0.2) is 0 Å². The van der Waals surface area contributed by atoms with Gasteiger partial charge in [-0.15, -0.1) is 0 Å². The molecule has 1 N–H and O–H groups in total. The van der Waals surface area contributed by atoms with Gasteiger partial charge in [0.2, 0.25) is 0 Å². The van der Waals surface area contributed by atoms with Crippen LogP contribution in [0.5, 0.6) is 0 Å². The summed E-state index contributed by atoms with van der Waals surface area (Å²) in [5.41, 5.74) is 2.09. The van der Waals surface area contributed by atoms with Gasteiger partial charge in [-0.05, 0) is 43.2 Å². The molecule has 0 aliphatic heterocycles. The summed E-state index contributed by atoms with van der Waals surface area (Å²) in [4.78, 5) is 2.68. The number of hydrogen-bond acceptors (Lipinski definition) is 5. The Morgan fingerprint density at radius 3 is 2.56 bits per heavy atom. The maximum atomic E-state index is 12.6. The molecular formula is C20H30N2O4S. The van der Waals surface area contributed by atoms with Crippen molar-refractivity contribution in [1.82, 2.24) is 4.83 Å². The molecule has 4 rings (SSSR count). The molecule has 150 valence electrons. The van der Waals surface area contributed by atoms with Crippen LogP contribution in [0.4, 0.5) is 0 Å². The van der Waals surface area contributed by atoms with Crippen LogP contribution in [0.3, 0.4) is 0 Å². The van der Waals surface area contributed by atoms with Gasteiger partial charge in [-0.25, -0.2) is 4.83 Å². The quantitative estimate of drug-likeness (QED) is 0.593. The molecule has 1 aromatic carbocycles. The summed E-state index contributed by atoms with van der Waals surface area (Å²) in [5.74, 6) is 0.699. The van der Waals surface area contributed by atoms with E-state index in [9.17, 15) is 8.42 Å². The molecule has 3 fully saturated rings. The number of hydrazone groups is 1. The molecule has 6 nitrogen and oxygen atoms in total. The number of nitrogens with zero attached hydrogens (tertiary/aromatic N) is 1. The van der Waals surface area contributed by atoms with Crippen LogP contribution in [0.1, 0.15) is 39.2 Å². The van der Waals surface area contributed by atoms with Gasteiger partial charge in [0.25, 0.3) is 10.0 Å². The summed E-state index contributed by atoms with van der Waals surface area (Å²) in [6.45, 7) is 8.86. The molecule has 0 spiro atoms. The van der Waals surface area contributed by atoms with Crippen molar-refractivity contribution in [2.24, 2.45) is 28.3 Å². The van der Waals surface area contributed by atoms with E-state index in [-0.39, 0.29) is 35.0 Å². The smallest absolute Gasteiger partial charge is 0.276 e. The van der Waals surface area contributed by atoms with Crippen molar-refractivity contribution in [1.29, 1.82) is 0 Å². The van der Waals surface area contributed by atoms with Gasteiger partial charge in [-0.2, -0.15) is 13.5 Å². The third-order valence-corrected chi connectivity index (χ3v) is 7.39. The Labute approximate surface area is 162 Å². The molecule has 0 unspecified atom stereocenters. The summed E-state index contributed by atoms with van der Waals surface area (Å²) in [5, 5.41) is 4.40. The predicted octanol–water partition coefficient (Wildman–Crippen LogP) is 3.32. The van der Waals surface area contributed by atoms with Crippen LogP contribution in [0.25, 0.3) is 0 Å². The zero-order valence-electron chi connectivity index (χ0n) is 16.7. The average molecular weight is 395 g/mol. The third kappa shape index (κ3) is 4.05. The SMILES string of the molecule is COCO[C@@H]1C[C@H]2[C@@H](C)/C(=N\NS(=O)(=O)c3ccc(C)cc3)[C@H]1CC2(C)C. The lowest BCUT2D eigenvalue weighted by Crippen LogP contribution is -2.56. The molecule has 7 heteroatoms. The maximum absolute atomic E-state index is 12.6. The molecule has 3 aliphatic carbocycles. The van der Waals surface area contributed by atoms with Gasteiger partial charge in [0.1, 0.15) is 6.79 Å². The number of rotatable bonds is 6. The van der Waals surface area contributed by atoms with Gasteiger partial charge in [0.05, 0.1) is 11.0 Å². The normalized spacial score (nSPS) is 31.2. The minimum Gasteiger partial charge on any atom is -0.359 e. The Hall–Kier alpha value is -1.44. The Bertz CT molecular complexity index is 802. The molecule has 2 bridgehead atoms. The molecule has 0 radical (unpaired) electrons. The lowest BCUT2D eigenvalue weighted by Gasteiger charge is -2.55. The second-order valence-electron chi connectivity index (χ2n) is 8.49. The maximum Gasteiger partial charge on any atom is 0.276 e. The lowest BCUT2D eigenvalue weighted by atomic mass is 9.52. The first kappa shape index (κ1) is 20.3. The fraction of sp³-hybridized carbons (Fsp3) is 0.650. The molecular weight excluding hydrogens is 364 g/mol. The van der Waals surface area contributed by atoms with E-state index in [1.807, 2.05) is 6.92 Å². The topological polar surface area (TPSA) is 77.0 Å². The highest BCUT2D eigenvalue weighted by Crippen LogP contribution is 2.54. The third-order valence-electron chi connectivity index (χ3n) is 6.16. The number of fused-ring (bicyclic) bond motifs is 3. The Morgan fingerprint density at radius 2 is 1.93 bits per heavy atom. The van der Waals surface area contributed by atoms with Crippen molar-refractivity contribution < 1.29 is 17.9 Å². The van der Waals surface area contributed by atoms with Crippen molar-refractivity contribution in [3.8, 4) is 0 Å². The first-order chi connectivity index (χ1) is 12.7. The number of benzene rings is 1. The van der Waals surface area contributed by atoms with Gasteiger partial charge in [0, 0.05) is 24.7 Å². The molecule has 1 aromatic rings. The largest absolute Gasteiger partial charge is 0.359 e. The fourth-order valence-corrected chi connectivity index (χ4v) is 5.54. The molecule has 3 saturated carbocycles. The van der Waals surface area contributed by atoms with E-state index in [0.717, 1.165) is 24.1 Å². The Balaban J connectivity index is 1.84. The van der Waals surface area contributed by atoms with Crippen LogP contribution in [0.2, 0.25) is 0 Å². The number of methoxy groups -OCH3 is 1. The van der Waals surface area contributed by atoms with Crippen molar-refractivity contribution in [3.63, 3.8) is 0 Å². The zero-order chi connectivity index (χ0) is 19.8. The van der Waals surface area contributed by atoms with Crippen molar-refractivity contribution in [2.45, 2.75) is 51.5 Å². The summed E-state index contributed by atoms with van der Waals surface area (Å²) in [7, 11) is -2.07. The van der Waals surface area contributed by atoms with Gasteiger partial charge >= 0.3 is 0 Å². The van der Waals surface area contributed by atoms with E-state index in [0.29, 0.717) is 5.92 Å². The second kappa shape index (κ2) is 7.53. The summed E-state index contributed by atoms with van der Waals surface area (Å²) >= 11 is 0. The summed E-state index contributed by atoms with van der Waals surface area (Å²) in [6.07, 6.45) is 1.90. The first-order valence-electron chi connectivity index (χ1n) is 9.42. The molecule has 4 atom stereocenters. The Morgan fingerprint density at radius 1 is 1.26 bits per heavy atom. The van der Waals surface area contributed by atoms with Crippen molar-refractivity contribution in [3.05, 3.63) is 29.8 Å². The van der Waals surface area contributed by atoms with Gasteiger partial charge < -0.3 is 9.47 Å². The molecule has 0 aromatic heterocycles. The average Bonchev–Trinajstić information content (AvgIpc) is 2.60. The van der Waals surface area contributed by atoms with E-state index in [1.165, 1.54) is 0 Å². The van der Waals surface area contributed by atoms with E-state index >= 15 is 0 Å². The molecule has 27 heavy (non-hydrogen) atoms. The highest BCUT2D eigenvalue weighted by atomic mass is 32.2. The standard InChI is InChI=1S/C20H30N2O4S/c1-13-6-8-15(9-7-13)27(23,24)22-21-19-14(2)17-10-18(26-12-25-5)16(19)11-20(17,3)4/h6-9,14,16-18,22H,10-12H2,1-5H3/b21-19+/t14-,16+,17+,18-/m1/s1. The van der Waals surface area contributed by atoms with E-state index < -0.39 is 10.0 Å².